The SMILES string of the molecule is CCOC1OC(C(=O)N2CCc3cc(OC)c(OC)cc3C2CC2CC3c4cc(OC)c(OC)cc4CCN3CC2CC)=CC(c2coc3ccccc3c2=O)C1CCCO. The van der Waals surface area contributed by atoms with Crippen molar-refractivity contribution in [3.63, 3.8) is 0 Å². The summed E-state index contributed by atoms with van der Waals surface area (Å²) in [5, 5.41) is 10.4. The minimum absolute atomic E-state index is 0.0289. The zero-order valence-electron chi connectivity index (χ0n) is 36.3. The van der Waals surface area contributed by atoms with E-state index in [0.29, 0.717) is 66.4 Å². The van der Waals surface area contributed by atoms with Crippen LogP contribution in [0, 0.1) is 17.8 Å². The Balaban J connectivity index is 1.20. The zero-order chi connectivity index (χ0) is 42.8. The summed E-state index contributed by atoms with van der Waals surface area (Å²) in [6.07, 6.45) is 7.72. The Labute approximate surface area is 358 Å². The molecule has 1 saturated heterocycles. The number of carbonyl (C=O) groups excluding carboxylic acids is 1. The second-order valence-corrected chi connectivity index (χ2v) is 16.8. The Bertz CT molecular complexity index is 2310. The topological polar surface area (TPSA) is 129 Å². The summed E-state index contributed by atoms with van der Waals surface area (Å²) >= 11 is 0. The predicted molar refractivity (Wildman–Crippen MR) is 231 cm³/mol. The molecule has 0 spiro atoms. The number of carbonyl (C=O) groups is 1. The molecule has 0 bridgehead atoms. The summed E-state index contributed by atoms with van der Waals surface area (Å²) in [6, 6.07) is 15.5. The molecule has 0 radical (unpaired) electrons. The van der Waals surface area contributed by atoms with Gasteiger partial charge in [0.1, 0.15) is 5.58 Å². The number of nitrogens with zero attached hydrogens (tertiary/aromatic N) is 2. The minimum atomic E-state index is -0.827. The lowest BCUT2D eigenvalue weighted by molar-refractivity contribution is -0.171. The maximum Gasteiger partial charge on any atom is 0.289 e. The zero-order valence-corrected chi connectivity index (χ0v) is 36.3. The Morgan fingerprint density at radius 3 is 2.21 bits per heavy atom. The van der Waals surface area contributed by atoms with Crippen molar-refractivity contribution in [2.75, 3.05) is 61.3 Å². The molecule has 1 amide bonds. The third-order valence-electron chi connectivity index (χ3n) is 13.8. The van der Waals surface area contributed by atoms with E-state index in [1.165, 1.54) is 17.4 Å². The van der Waals surface area contributed by atoms with E-state index in [9.17, 15) is 9.90 Å². The van der Waals surface area contributed by atoms with Gasteiger partial charge in [0.05, 0.1) is 46.1 Å². The molecule has 1 fully saturated rings. The number of aliphatic hydroxyl groups is 1. The van der Waals surface area contributed by atoms with E-state index in [4.69, 9.17) is 32.8 Å². The maximum absolute atomic E-state index is 15.4. The molecule has 326 valence electrons. The van der Waals surface area contributed by atoms with E-state index in [1.807, 2.05) is 24.0 Å². The molecule has 4 aliphatic heterocycles. The van der Waals surface area contributed by atoms with Crippen LogP contribution in [0.1, 0.15) is 91.8 Å². The van der Waals surface area contributed by atoms with Crippen LogP contribution in [0.2, 0.25) is 0 Å². The highest BCUT2D eigenvalue weighted by atomic mass is 16.7. The number of benzene rings is 3. The summed E-state index contributed by atoms with van der Waals surface area (Å²) in [5.74, 6) is 2.43. The van der Waals surface area contributed by atoms with Crippen LogP contribution in [0.25, 0.3) is 11.0 Å². The van der Waals surface area contributed by atoms with Gasteiger partial charge in [0.25, 0.3) is 5.91 Å². The number of piperidine rings is 1. The lowest BCUT2D eigenvalue weighted by Crippen LogP contribution is -2.48. The summed E-state index contributed by atoms with van der Waals surface area (Å²) < 4.78 is 42.0. The van der Waals surface area contributed by atoms with Crippen LogP contribution in [-0.2, 0) is 27.1 Å². The van der Waals surface area contributed by atoms with Gasteiger partial charge < -0.3 is 42.8 Å². The van der Waals surface area contributed by atoms with Crippen molar-refractivity contribution in [2.24, 2.45) is 17.8 Å². The molecule has 0 saturated carbocycles. The third kappa shape index (κ3) is 8.10. The van der Waals surface area contributed by atoms with Crippen molar-refractivity contribution in [3.05, 3.63) is 105 Å². The molecule has 3 aromatic carbocycles. The molecule has 4 aromatic rings. The van der Waals surface area contributed by atoms with E-state index in [-0.39, 0.29) is 47.6 Å². The van der Waals surface area contributed by atoms with Crippen LogP contribution in [0.5, 0.6) is 23.0 Å². The first kappa shape index (κ1) is 42.6. The Morgan fingerprint density at radius 1 is 0.852 bits per heavy atom. The van der Waals surface area contributed by atoms with Gasteiger partial charge >= 0.3 is 0 Å². The third-order valence-corrected chi connectivity index (χ3v) is 13.8. The second kappa shape index (κ2) is 18.5. The fourth-order valence-corrected chi connectivity index (χ4v) is 10.6. The predicted octanol–water partition coefficient (Wildman–Crippen LogP) is 7.74. The largest absolute Gasteiger partial charge is 0.493 e. The molecule has 12 heteroatoms. The first-order valence-corrected chi connectivity index (χ1v) is 21.9. The first-order chi connectivity index (χ1) is 29.7. The van der Waals surface area contributed by atoms with E-state index in [2.05, 4.69) is 36.1 Å². The molecule has 12 nitrogen and oxygen atoms in total. The Morgan fingerprint density at radius 2 is 1.52 bits per heavy atom. The van der Waals surface area contributed by atoms with Crippen molar-refractivity contribution in [3.8, 4) is 23.0 Å². The van der Waals surface area contributed by atoms with Crippen molar-refractivity contribution < 1.29 is 42.7 Å². The van der Waals surface area contributed by atoms with E-state index in [1.54, 1.807) is 46.6 Å². The molecule has 0 aliphatic carbocycles. The molecular weight excluding hydrogens is 777 g/mol. The second-order valence-electron chi connectivity index (χ2n) is 16.8. The summed E-state index contributed by atoms with van der Waals surface area (Å²) in [7, 11) is 6.66. The molecule has 7 unspecified atom stereocenters. The number of hydrogen-bond acceptors (Lipinski definition) is 11. The van der Waals surface area contributed by atoms with Crippen LogP contribution in [0.4, 0.5) is 0 Å². The number of aliphatic hydroxyl groups excluding tert-OH is 1. The average Bonchev–Trinajstić information content (AvgIpc) is 3.29. The van der Waals surface area contributed by atoms with Crippen LogP contribution in [0.15, 0.2) is 75.8 Å². The average molecular weight is 837 g/mol. The van der Waals surface area contributed by atoms with Gasteiger partial charge in [-0.15, -0.1) is 0 Å². The van der Waals surface area contributed by atoms with E-state index >= 15 is 4.79 Å². The number of methoxy groups -OCH3 is 4. The lowest BCUT2D eigenvalue weighted by Gasteiger charge is -2.49. The van der Waals surface area contributed by atoms with Crippen molar-refractivity contribution in [2.45, 2.75) is 83.1 Å². The van der Waals surface area contributed by atoms with E-state index < -0.39 is 12.2 Å². The van der Waals surface area contributed by atoms with Gasteiger partial charge in [-0.1, -0.05) is 25.5 Å². The number of amides is 1. The number of hydrogen-bond donors (Lipinski definition) is 1. The number of ether oxygens (including phenoxy) is 6. The smallest absolute Gasteiger partial charge is 0.289 e. The number of rotatable bonds is 14. The van der Waals surface area contributed by atoms with Crippen LogP contribution in [-0.4, -0.2) is 88.4 Å². The lowest BCUT2D eigenvalue weighted by atomic mass is 9.72. The molecule has 1 aromatic heterocycles. The van der Waals surface area contributed by atoms with Gasteiger partial charge in [-0.05, 0) is 122 Å². The number of allylic oxidation sites excluding steroid dienone is 1. The van der Waals surface area contributed by atoms with Crippen LogP contribution < -0.4 is 24.4 Å². The van der Waals surface area contributed by atoms with Crippen molar-refractivity contribution >= 4 is 16.9 Å². The van der Waals surface area contributed by atoms with Gasteiger partial charge in [0.15, 0.2) is 34.2 Å². The standard InChI is InChI=1S/C49H60N2O10/c1-7-29-27-50-17-15-30-22-42(55-3)44(57-5)24-35(30)39(50)20-32(29)21-40-36-25-45(58-6)43(56-4)23-31(36)16-18-51(40)48(54)46-26-37(33(13-11-19-52)49(61-46)59-8-2)38-28-60-41-14-10-9-12-34(41)47(38)53/h9-10,12,14,22-26,28-29,32-33,37,39-40,49,52H,7-8,11,13,15-21,27H2,1-6H3. The van der Waals surface area contributed by atoms with Gasteiger partial charge in [-0.3, -0.25) is 14.5 Å². The molecule has 61 heavy (non-hydrogen) atoms. The summed E-state index contributed by atoms with van der Waals surface area (Å²) in [6.45, 7) is 6.88. The fourth-order valence-electron chi connectivity index (χ4n) is 10.6. The number of para-hydroxylation sites is 1. The van der Waals surface area contributed by atoms with Crippen LogP contribution >= 0.6 is 0 Å². The Kier molecular flexibility index (Phi) is 12.9. The minimum Gasteiger partial charge on any atom is -0.493 e. The van der Waals surface area contributed by atoms with Gasteiger partial charge in [0, 0.05) is 56.3 Å². The highest BCUT2D eigenvalue weighted by Crippen LogP contribution is 2.50. The molecule has 1 N–H and O–H groups in total. The van der Waals surface area contributed by atoms with E-state index in [0.717, 1.165) is 61.4 Å². The monoisotopic (exact) mass is 836 g/mol. The fraction of sp³-hybridized carbons (Fsp3) is 0.510. The highest BCUT2D eigenvalue weighted by molar-refractivity contribution is 5.92. The maximum atomic E-state index is 15.4. The summed E-state index contributed by atoms with van der Waals surface area (Å²) in [4.78, 5) is 34.1. The first-order valence-electron chi connectivity index (χ1n) is 21.9. The summed E-state index contributed by atoms with van der Waals surface area (Å²) in [5.41, 5.74) is 5.50. The van der Waals surface area contributed by atoms with Crippen molar-refractivity contribution in [1.82, 2.24) is 9.80 Å². The van der Waals surface area contributed by atoms with Gasteiger partial charge in [-0.2, -0.15) is 0 Å². The normalized spacial score (nSPS) is 24.8. The Hall–Kier alpha value is -5.04. The van der Waals surface area contributed by atoms with Gasteiger partial charge in [-0.25, -0.2) is 0 Å². The molecule has 7 atom stereocenters. The molecular formula is C49H60N2O10. The van der Waals surface area contributed by atoms with Gasteiger partial charge in [0.2, 0.25) is 6.29 Å². The quantitative estimate of drug-likeness (QED) is 0.134. The van der Waals surface area contributed by atoms with Crippen molar-refractivity contribution in [1.29, 1.82) is 0 Å². The number of fused-ring (bicyclic) bond motifs is 5. The molecule has 5 heterocycles. The highest BCUT2D eigenvalue weighted by Gasteiger charge is 2.45. The molecule has 8 rings (SSSR count). The van der Waals surface area contributed by atoms with Crippen LogP contribution in [0.3, 0.4) is 0 Å². The molecule has 4 aliphatic rings.